The minimum atomic E-state index is -1.35. The van der Waals surface area contributed by atoms with E-state index < -0.39 is 11.4 Å². The Bertz CT molecular complexity index is 624. The largest absolute Gasteiger partial charge is 0.468 e. The van der Waals surface area contributed by atoms with E-state index in [4.69, 9.17) is 4.74 Å². The monoisotopic (exact) mass is 302 g/mol. The summed E-state index contributed by atoms with van der Waals surface area (Å²) in [6, 6.07) is 6.88. The number of ether oxygens (including phenoxy) is 1. The summed E-state index contributed by atoms with van der Waals surface area (Å²) in [5, 5.41) is 0. The van der Waals surface area contributed by atoms with E-state index in [1.807, 2.05) is 0 Å². The molecule has 0 fully saturated rings. The van der Waals surface area contributed by atoms with Gasteiger partial charge in [0.25, 0.3) is 0 Å². The molecule has 2 rings (SSSR count). The van der Waals surface area contributed by atoms with Crippen LogP contribution >= 0.6 is 0 Å². The Balaban J connectivity index is 2.61. The predicted molar refractivity (Wildman–Crippen MR) is 82.8 cm³/mol. The molecule has 0 saturated heterocycles. The van der Waals surface area contributed by atoms with Gasteiger partial charge in [-0.25, -0.2) is 0 Å². The van der Waals surface area contributed by atoms with E-state index in [0.717, 1.165) is 0 Å². The standard InChI is InChI=1S/C18H22O4/c1-17(2,3)9-10-18(16(21)22-4)13-8-6-5-7-12(13)14(19)11-15(18)20/h5-8H,9-11H2,1-4H3. The molecule has 1 unspecified atom stereocenters. The molecule has 0 N–H and O–H groups in total. The number of hydrogen-bond donors (Lipinski definition) is 0. The third-order valence-electron chi connectivity index (χ3n) is 4.27. The Morgan fingerprint density at radius 3 is 2.45 bits per heavy atom. The van der Waals surface area contributed by atoms with Crippen LogP contribution in [0.3, 0.4) is 0 Å². The van der Waals surface area contributed by atoms with Gasteiger partial charge in [0.2, 0.25) is 0 Å². The lowest BCUT2D eigenvalue weighted by Crippen LogP contribution is -2.49. The molecule has 1 aliphatic rings. The van der Waals surface area contributed by atoms with E-state index >= 15 is 0 Å². The Morgan fingerprint density at radius 1 is 1.23 bits per heavy atom. The average molecular weight is 302 g/mol. The zero-order valence-corrected chi connectivity index (χ0v) is 13.6. The Kier molecular flexibility index (Phi) is 4.23. The summed E-state index contributed by atoms with van der Waals surface area (Å²) >= 11 is 0. The normalized spacial score (nSPS) is 21.5. The van der Waals surface area contributed by atoms with Crippen molar-refractivity contribution in [2.45, 2.75) is 45.4 Å². The van der Waals surface area contributed by atoms with Gasteiger partial charge in [0.05, 0.1) is 13.5 Å². The van der Waals surface area contributed by atoms with Crippen molar-refractivity contribution in [2.75, 3.05) is 7.11 Å². The second kappa shape index (κ2) is 5.67. The molecular weight excluding hydrogens is 280 g/mol. The maximum absolute atomic E-state index is 12.7. The van der Waals surface area contributed by atoms with Crippen molar-refractivity contribution in [3.8, 4) is 0 Å². The molecule has 4 heteroatoms. The lowest BCUT2D eigenvalue weighted by molar-refractivity contribution is -0.152. The van der Waals surface area contributed by atoms with Gasteiger partial charge in [0.1, 0.15) is 0 Å². The minimum Gasteiger partial charge on any atom is -0.468 e. The topological polar surface area (TPSA) is 60.4 Å². The summed E-state index contributed by atoms with van der Waals surface area (Å²) < 4.78 is 4.95. The molecule has 1 aliphatic carbocycles. The second-order valence-corrected chi connectivity index (χ2v) is 7.03. The van der Waals surface area contributed by atoms with Crippen molar-refractivity contribution < 1.29 is 19.1 Å². The molecule has 1 aromatic rings. The van der Waals surface area contributed by atoms with Crippen LogP contribution in [-0.4, -0.2) is 24.6 Å². The van der Waals surface area contributed by atoms with E-state index in [1.54, 1.807) is 24.3 Å². The number of carbonyl (C=O) groups is 3. The quantitative estimate of drug-likeness (QED) is 0.636. The number of esters is 1. The van der Waals surface area contributed by atoms with Crippen LogP contribution in [0.2, 0.25) is 0 Å². The Hall–Kier alpha value is -1.97. The molecule has 0 amide bonds. The fraction of sp³-hybridized carbons (Fsp3) is 0.500. The number of methoxy groups -OCH3 is 1. The zero-order valence-electron chi connectivity index (χ0n) is 13.6. The first kappa shape index (κ1) is 16.4. The fourth-order valence-electron chi connectivity index (χ4n) is 2.98. The molecule has 0 aliphatic heterocycles. The van der Waals surface area contributed by atoms with Crippen LogP contribution in [-0.2, 0) is 19.7 Å². The highest BCUT2D eigenvalue weighted by Gasteiger charge is 2.53. The molecule has 0 radical (unpaired) electrons. The summed E-state index contributed by atoms with van der Waals surface area (Å²) in [5.74, 6) is -1.15. The van der Waals surface area contributed by atoms with Gasteiger partial charge in [-0.2, -0.15) is 0 Å². The van der Waals surface area contributed by atoms with Gasteiger partial charge in [-0.3, -0.25) is 14.4 Å². The van der Waals surface area contributed by atoms with Crippen LogP contribution in [0.25, 0.3) is 0 Å². The van der Waals surface area contributed by atoms with Gasteiger partial charge in [-0.15, -0.1) is 0 Å². The zero-order chi connectivity index (χ0) is 16.5. The molecule has 0 bridgehead atoms. The van der Waals surface area contributed by atoms with Gasteiger partial charge in [0, 0.05) is 5.56 Å². The lowest BCUT2D eigenvalue weighted by atomic mass is 9.64. The highest BCUT2D eigenvalue weighted by molar-refractivity contribution is 6.23. The van der Waals surface area contributed by atoms with Crippen molar-refractivity contribution in [3.63, 3.8) is 0 Å². The van der Waals surface area contributed by atoms with Crippen LogP contribution in [0.15, 0.2) is 24.3 Å². The number of ketones is 2. The molecule has 0 saturated carbocycles. The number of Topliss-reactive ketones (excluding diaryl/α,β-unsaturated/α-hetero) is 2. The van der Waals surface area contributed by atoms with Crippen molar-refractivity contribution in [1.29, 1.82) is 0 Å². The Labute approximate surface area is 130 Å². The molecule has 0 heterocycles. The Morgan fingerprint density at radius 2 is 1.86 bits per heavy atom. The van der Waals surface area contributed by atoms with E-state index in [1.165, 1.54) is 7.11 Å². The summed E-state index contributed by atoms with van der Waals surface area (Å²) in [5.41, 5.74) is -0.432. The first-order chi connectivity index (χ1) is 10.2. The SMILES string of the molecule is COC(=O)C1(CCC(C)(C)C)C(=O)CC(=O)c2ccccc21. The highest BCUT2D eigenvalue weighted by atomic mass is 16.5. The summed E-state index contributed by atoms with van der Waals surface area (Å²) in [7, 11) is 1.29. The van der Waals surface area contributed by atoms with E-state index in [9.17, 15) is 14.4 Å². The van der Waals surface area contributed by atoms with Crippen molar-refractivity contribution >= 4 is 17.5 Å². The molecule has 118 valence electrons. The van der Waals surface area contributed by atoms with Crippen LogP contribution < -0.4 is 0 Å². The first-order valence-corrected chi connectivity index (χ1v) is 7.47. The third kappa shape index (κ3) is 2.70. The maximum atomic E-state index is 12.7. The van der Waals surface area contributed by atoms with Crippen molar-refractivity contribution in [2.24, 2.45) is 5.41 Å². The van der Waals surface area contributed by atoms with Crippen molar-refractivity contribution in [3.05, 3.63) is 35.4 Å². The molecule has 22 heavy (non-hydrogen) atoms. The van der Waals surface area contributed by atoms with Gasteiger partial charge < -0.3 is 4.74 Å². The molecule has 1 aromatic carbocycles. The molecule has 1 atom stereocenters. The summed E-state index contributed by atoms with van der Waals surface area (Å²) in [6.45, 7) is 6.17. The summed E-state index contributed by atoms with van der Waals surface area (Å²) in [6.07, 6.45) is 0.791. The lowest BCUT2D eigenvalue weighted by Gasteiger charge is -2.36. The van der Waals surface area contributed by atoms with Crippen LogP contribution in [0.4, 0.5) is 0 Å². The van der Waals surface area contributed by atoms with Crippen LogP contribution in [0.5, 0.6) is 0 Å². The van der Waals surface area contributed by atoms with E-state index in [2.05, 4.69) is 20.8 Å². The number of carbonyl (C=O) groups excluding carboxylic acids is 3. The number of fused-ring (bicyclic) bond motifs is 1. The van der Waals surface area contributed by atoms with Gasteiger partial charge >= 0.3 is 5.97 Å². The molecule has 0 spiro atoms. The minimum absolute atomic E-state index is 0.0301. The third-order valence-corrected chi connectivity index (χ3v) is 4.27. The first-order valence-electron chi connectivity index (χ1n) is 7.47. The maximum Gasteiger partial charge on any atom is 0.323 e. The molecule has 0 aromatic heterocycles. The predicted octanol–water partition coefficient (Wildman–Crippen LogP) is 3.08. The van der Waals surface area contributed by atoms with E-state index in [-0.39, 0.29) is 23.4 Å². The van der Waals surface area contributed by atoms with Gasteiger partial charge in [-0.05, 0) is 23.8 Å². The smallest absolute Gasteiger partial charge is 0.323 e. The van der Waals surface area contributed by atoms with Crippen LogP contribution in [0.1, 0.15) is 56.0 Å². The molecular formula is C18H22O4. The van der Waals surface area contributed by atoms with E-state index in [0.29, 0.717) is 24.0 Å². The van der Waals surface area contributed by atoms with Crippen LogP contribution in [0, 0.1) is 5.41 Å². The van der Waals surface area contributed by atoms with Gasteiger partial charge in [0.15, 0.2) is 17.0 Å². The number of hydrogen-bond acceptors (Lipinski definition) is 4. The molecule has 4 nitrogen and oxygen atoms in total. The fourth-order valence-corrected chi connectivity index (χ4v) is 2.98. The number of rotatable bonds is 3. The van der Waals surface area contributed by atoms with Crippen molar-refractivity contribution in [1.82, 2.24) is 0 Å². The highest BCUT2D eigenvalue weighted by Crippen LogP contribution is 2.41. The van der Waals surface area contributed by atoms with Gasteiger partial charge in [-0.1, -0.05) is 45.0 Å². The average Bonchev–Trinajstić information content (AvgIpc) is 2.46. The summed E-state index contributed by atoms with van der Waals surface area (Å²) in [4.78, 5) is 37.3. The number of benzene rings is 1. The second-order valence-electron chi connectivity index (χ2n) is 7.03.